The predicted molar refractivity (Wildman–Crippen MR) is 94.5 cm³/mol. The van der Waals surface area contributed by atoms with E-state index >= 15 is 0 Å². The Morgan fingerprint density at radius 3 is 2.46 bits per heavy atom. The number of rotatable bonds is 3. The Hall–Kier alpha value is -2.05. The average Bonchev–Trinajstić information content (AvgIpc) is 2.93. The lowest BCUT2D eigenvalue weighted by atomic mass is 9.77. The average molecular weight is 384 g/mol. The zero-order valence-corrected chi connectivity index (χ0v) is 14.8. The van der Waals surface area contributed by atoms with Crippen LogP contribution in [0.2, 0.25) is 5.02 Å². The highest BCUT2D eigenvalue weighted by Gasteiger charge is 2.59. The molecular formula is C19H17ClF3NO2. The molecule has 2 N–H and O–H groups in total. The highest BCUT2D eigenvalue weighted by Crippen LogP contribution is 2.51. The third kappa shape index (κ3) is 2.87. The molecule has 7 heteroatoms. The molecule has 3 rings (SSSR count). The number of nitrogens with zero attached hydrogens (tertiary/aromatic N) is 1. The molecule has 0 saturated heterocycles. The van der Waals surface area contributed by atoms with Gasteiger partial charge in [0.15, 0.2) is 5.60 Å². The van der Waals surface area contributed by atoms with Gasteiger partial charge in [0.1, 0.15) is 5.75 Å². The van der Waals surface area contributed by atoms with E-state index in [0.717, 1.165) is 6.07 Å². The number of aromatic hydroxyl groups is 1. The molecule has 0 fully saturated rings. The summed E-state index contributed by atoms with van der Waals surface area (Å²) in [4.78, 5) is 4.16. The van der Waals surface area contributed by atoms with Gasteiger partial charge in [0.25, 0.3) is 0 Å². The third-order valence-corrected chi connectivity index (χ3v) is 5.23. The van der Waals surface area contributed by atoms with E-state index in [0.29, 0.717) is 11.3 Å². The first-order valence-electron chi connectivity index (χ1n) is 8.02. The van der Waals surface area contributed by atoms with E-state index < -0.39 is 17.7 Å². The largest absolute Gasteiger partial charge is 0.508 e. The minimum Gasteiger partial charge on any atom is -0.508 e. The first kappa shape index (κ1) is 18.7. The Morgan fingerprint density at radius 1 is 1.15 bits per heavy atom. The van der Waals surface area contributed by atoms with Crippen molar-refractivity contribution in [3.05, 3.63) is 58.1 Å². The SMILES string of the molecule is CC1C=Nc2ccc(C(O)(C(C)c3ccc(O)cc3Cl)C(F)(F)F)cc21. The molecule has 2 aromatic carbocycles. The van der Waals surface area contributed by atoms with Gasteiger partial charge in [0.05, 0.1) is 5.69 Å². The fourth-order valence-corrected chi connectivity index (χ4v) is 3.64. The summed E-state index contributed by atoms with van der Waals surface area (Å²) in [5, 5.41) is 20.3. The van der Waals surface area contributed by atoms with Gasteiger partial charge in [-0.25, -0.2) is 0 Å². The maximum absolute atomic E-state index is 14.0. The van der Waals surface area contributed by atoms with Gasteiger partial charge < -0.3 is 10.2 Å². The molecule has 3 nitrogen and oxygen atoms in total. The molecule has 0 saturated carbocycles. The van der Waals surface area contributed by atoms with Crippen LogP contribution in [0.25, 0.3) is 0 Å². The highest BCUT2D eigenvalue weighted by atomic mass is 35.5. The van der Waals surface area contributed by atoms with E-state index in [1.165, 1.54) is 37.3 Å². The second-order valence-corrected chi connectivity index (χ2v) is 6.94. The van der Waals surface area contributed by atoms with Crippen LogP contribution in [0.4, 0.5) is 18.9 Å². The summed E-state index contributed by atoms with van der Waals surface area (Å²) in [6.07, 6.45) is -3.29. The Bertz CT molecular complexity index is 882. The summed E-state index contributed by atoms with van der Waals surface area (Å²) in [6, 6.07) is 7.76. The molecule has 138 valence electrons. The molecule has 0 bridgehead atoms. The van der Waals surface area contributed by atoms with Crippen molar-refractivity contribution in [3.8, 4) is 5.75 Å². The van der Waals surface area contributed by atoms with E-state index in [1.807, 2.05) is 6.92 Å². The third-order valence-electron chi connectivity index (χ3n) is 4.90. The van der Waals surface area contributed by atoms with Crippen molar-refractivity contribution in [3.63, 3.8) is 0 Å². The molecule has 26 heavy (non-hydrogen) atoms. The van der Waals surface area contributed by atoms with Crippen LogP contribution in [0.5, 0.6) is 5.75 Å². The molecule has 0 amide bonds. The van der Waals surface area contributed by atoms with Crippen molar-refractivity contribution >= 4 is 23.5 Å². The molecule has 3 unspecified atom stereocenters. The number of phenols is 1. The normalized spacial score (nSPS) is 19.9. The Morgan fingerprint density at radius 2 is 1.85 bits per heavy atom. The van der Waals surface area contributed by atoms with Gasteiger partial charge in [-0.3, -0.25) is 4.99 Å². The van der Waals surface area contributed by atoms with E-state index in [2.05, 4.69) is 4.99 Å². The molecule has 0 spiro atoms. The van der Waals surface area contributed by atoms with Crippen molar-refractivity contribution < 1.29 is 23.4 Å². The van der Waals surface area contributed by atoms with E-state index in [1.54, 1.807) is 6.21 Å². The monoisotopic (exact) mass is 383 g/mol. The van der Waals surface area contributed by atoms with Gasteiger partial charge in [0, 0.05) is 23.1 Å². The van der Waals surface area contributed by atoms with Gasteiger partial charge in [-0.2, -0.15) is 13.2 Å². The fraction of sp³-hybridized carbons (Fsp3) is 0.316. The maximum Gasteiger partial charge on any atom is 0.422 e. The van der Waals surface area contributed by atoms with Crippen LogP contribution in [-0.2, 0) is 5.60 Å². The van der Waals surface area contributed by atoms with E-state index in [4.69, 9.17) is 11.6 Å². The van der Waals surface area contributed by atoms with Crippen molar-refractivity contribution in [1.29, 1.82) is 0 Å². The Balaban J connectivity index is 2.15. The number of alkyl halides is 3. The number of halogens is 4. The number of fused-ring (bicyclic) bond motifs is 1. The van der Waals surface area contributed by atoms with Crippen LogP contribution in [0.15, 0.2) is 41.4 Å². The maximum atomic E-state index is 14.0. The minimum atomic E-state index is -4.94. The predicted octanol–water partition coefficient (Wildman–Crippen LogP) is 5.42. The number of hydrogen-bond donors (Lipinski definition) is 2. The summed E-state index contributed by atoms with van der Waals surface area (Å²) in [7, 11) is 0. The summed E-state index contributed by atoms with van der Waals surface area (Å²) in [5.74, 6) is -1.69. The summed E-state index contributed by atoms with van der Waals surface area (Å²) in [6.45, 7) is 3.09. The zero-order valence-electron chi connectivity index (χ0n) is 14.0. The van der Waals surface area contributed by atoms with Crippen molar-refractivity contribution in [2.75, 3.05) is 0 Å². The molecule has 0 aromatic heterocycles. The lowest BCUT2D eigenvalue weighted by Gasteiger charge is -2.37. The van der Waals surface area contributed by atoms with Crippen LogP contribution in [0.1, 0.15) is 42.4 Å². The van der Waals surface area contributed by atoms with Gasteiger partial charge in [-0.05, 0) is 41.0 Å². The molecule has 0 radical (unpaired) electrons. The lowest BCUT2D eigenvalue weighted by Crippen LogP contribution is -2.46. The number of phenolic OH excluding ortho intramolecular Hbond substituents is 1. The smallest absolute Gasteiger partial charge is 0.422 e. The van der Waals surface area contributed by atoms with Gasteiger partial charge in [-0.15, -0.1) is 0 Å². The molecule has 1 heterocycles. The summed E-state index contributed by atoms with van der Waals surface area (Å²) < 4.78 is 42.0. The summed E-state index contributed by atoms with van der Waals surface area (Å²) >= 11 is 6.03. The molecule has 2 aromatic rings. The van der Waals surface area contributed by atoms with E-state index in [-0.39, 0.29) is 27.8 Å². The second-order valence-electron chi connectivity index (χ2n) is 6.53. The Labute approximate surface area is 153 Å². The second kappa shape index (κ2) is 6.28. The Kier molecular flexibility index (Phi) is 4.53. The lowest BCUT2D eigenvalue weighted by molar-refractivity contribution is -0.274. The highest BCUT2D eigenvalue weighted by molar-refractivity contribution is 6.31. The van der Waals surface area contributed by atoms with Crippen LogP contribution in [0, 0.1) is 0 Å². The van der Waals surface area contributed by atoms with Gasteiger partial charge in [0.2, 0.25) is 0 Å². The zero-order chi connectivity index (χ0) is 19.3. The quantitative estimate of drug-likeness (QED) is 0.743. The molecule has 3 atom stereocenters. The van der Waals surface area contributed by atoms with Crippen molar-refractivity contribution in [2.45, 2.75) is 37.5 Å². The van der Waals surface area contributed by atoms with E-state index in [9.17, 15) is 23.4 Å². The first-order chi connectivity index (χ1) is 12.1. The summed E-state index contributed by atoms with van der Waals surface area (Å²) in [5.41, 5.74) is -2.09. The first-order valence-corrected chi connectivity index (χ1v) is 8.39. The van der Waals surface area contributed by atoms with Crippen LogP contribution in [-0.4, -0.2) is 22.6 Å². The van der Waals surface area contributed by atoms with Gasteiger partial charge >= 0.3 is 6.18 Å². The van der Waals surface area contributed by atoms with Crippen molar-refractivity contribution in [1.82, 2.24) is 0 Å². The number of aliphatic imine (C=N–C) groups is 1. The standard InChI is InChI=1S/C19H17ClF3NO2/c1-10-9-24-17-6-3-12(7-15(10)17)18(26,19(21,22)23)11(2)14-5-4-13(25)8-16(14)20/h3-11,25-26H,1-2H3. The number of hydrogen-bond acceptors (Lipinski definition) is 3. The number of benzene rings is 2. The molecular weight excluding hydrogens is 367 g/mol. The number of aliphatic hydroxyl groups is 1. The molecule has 1 aliphatic heterocycles. The topological polar surface area (TPSA) is 52.8 Å². The molecule has 0 aliphatic carbocycles. The minimum absolute atomic E-state index is 0.0435. The van der Waals surface area contributed by atoms with Crippen molar-refractivity contribution in [2.24, 2.45) is 4.99 Å². The van der Waals surface area contributed by atoms with Crippen LogP contribution >= 0.6 is 11.6 Å². The van der Waals surface area contributed by atoms with Crippen LogP contribution < -0.4 is 0 Å². The fourth-order valence-electron chi connectivity index (χ4n) is 3.30. The van der Waals surface area contributed by atoms with Gasteiger partial charge in [-0.1, -0.05) is 37.6 Å². The van der Waals surface area contributed by atoms with Crippen LogP contribution in [0.3, 0.4) is 0 Å². The molecule has 1 aliphatic rings.